The van der Waals surface area contributed by atoms with Crippen LogP contribution in [0.3, 0.4) is 0 Å². The fourth-order valence-electron chi connectivity index (χ4n) is 2.13. The van der Waals surface area contributed by atoms with Crippen LogP contribution in [0.5, 0.6) is 5.88 Å². The Labute approximate surface area is 141 Å². The number of nitrogens with zero attached hydrogens (tertiary/aromatic N) is 3. The Morgan fingerprint density at radius 2 is 2.04 bits per heavy atom. The molecule has 3 aromatic rings. The molecule has 24 heavy (non-hydrogen) atoms. The Bertz CT molecular complexity index is 847. The molecule has 3 rings (SSSR count). The summed E-state index contributed by atoms with van der Waals surface area (Å²) in [5.41, 5.74) is 1.37. The predicted molar refractivity (Wildman–Crippen MR) is 87.6 cm³/mol. The average molecular weight is 351 g/mol. The van der Waals surface area contributed by atoms with Crippen molar-refractivity contribution >= 4 is 28.3 Å². The average Bonchev–Trinajstić information content (AvgIpc) is 2.58. The van der Waals surface area contributed by atoms with E-state index in [0.29, 0.717) is 23.1 Å². The van der Waals surface area contributed by atoms with E-state index >= 15 is 0 Å². The van der Waals surface area contributed by atoms with Gasteiger partial charge in [0.25, 0.3) is 6.43 Å². The highest BCUT2D eigenvalue weighted by atomic mass is 35.5. The molecule has 0 fully saturated rings. The third-order valence-corrected chi connectivity index (χ3v) is 3.41. The van der Waals surface area contributed by atoms with Gasteiger partial charge in [-0.15, -0.1) is 0 Å². The molecular formula is C16H13ClF2N4O. The quantitative estimate of drug-likeness (QED) is 0.729. The summed E-state index contributed by atoms with van der Waals surface area (Å²) < 4.78 is 29.3. The number of aromatic nitrogens is 3. The summed E-state index contributed by atoms with van der Waals surface area (Å²) in [4.78, 5) is 12.6. The first kappa shape index (κ1) is 16.3. The molecule has 0 spiro atoms. The smallest absolute Gasteiger partial charge is 0.272 e. The van der Waals surface area contributed by atoms with E-state index in [4.69, 9.17) is 16.3 Å². The Morgan fingerprint density at radius 1 is 1.17 bits per heavy atom. The molecule has 8 heteroatoms. The van der Waals surface area contributed by atoms with Gasteiger partial charge in [0.05, 0.1) is 17.8 Å². The Hall–Kier alpha value is -2.54. The predicted octanol–water partition coefficient (Wildman–Crippen LogP) is 3.93. The molecule has 2 aromatic heterocycles. The molecule has 0 amide bonds. The number of benzene rings is 1. The van der Waals surface area contributed by atoms with Crippen LogP contribution in [0.4, 0.5) is 14.6 Å². The standard InChI is InChI=1S/C16H13ClF2N4O/c17-10-4-5-12-13(6-10)21-9-22-16(12)20-7-11-2-1-3-15(23-11)24-8-14(18)19/h1-6,9,14H,7-8H2,(H,20,21,22). The number of hydrogen-bond donors (Lipinski definition) is 1. The van der Waals surface area contributed by atoms with Crippen LogP contribution in [0.1, 0.15) is 5.69 Å². The van der Waals surface area contributed by atoms with Crippen molar-refractivity contribution in [3.05, 3.63) is 53.4 Å². The number of pyridine rings is 1. The van der Waals surface area contributed by atoms with E-state index in [-0.39, 0.29) is 5.88 Å². The normalized spacial score (nSPS) is 11.0. The molecule has 0 aliphatic rings. The number of fused-ring (bicyclic) bond motifs is 1. The molecule has 1 N–H and O–H groups in total. The van der Waals surface area contributed by atoms with Crippen molar-refractivity contribution in [1.29, 1.82) is 0 Å². The number of rotatable bonds is 6. The lowest BCUT2D eigenvalue weighted by Gasteiger charge is -2.09. The fraction of sp³-hybridized carbons (Fsp3) is 0.188. The summed E-state index contributed by atoms with van der Waals surface area (Å²) >= 11 is 5.96. The van der Waals surface area contributed by atoms with Gasteiger partial charge in [-0.3, -0.25) is 0 Å². The first-order valence-electron chi connectivity index (χ1n) is 7.13. The van der Waals surface area contributed by atoms with E-state index in [1.54, 1.807) is 24.3 Å². The maximum Gasteiger partial charge on any atom is 0.272 e. The SMILES string of the molecule is FC(F)COc1cccc(CNc2ncnc3cc(Cl)ccc23)n1. The second-order valence-corrected chi connectivity index (χ2v) is 5.34. The van der Waals surface area contributed by atoms with Crippen molar-refractivity contribution < 1.29 is 13.5 Å². The zero-order valence-electron chi connectivity index (χ0n) is 12.4. The summed E-state index contributed by atoms with van der Waals surface area (Å²) in [6.07, 6.45) is -1.09. The van der Waals surface area contributed by atoms with Crippen LogP contribution in [-0.2, 0) is 6.54 Å². The lowest BCUT2D eigenvalue weighted by molar-refractivity contribution is 0.0795. The van der Waals surface area contributed by atoms with Gasteiger partial charge in [-0.2, -0.15) is 0 Å². The molecule has 124 valence electrons. The molecule has 0 saturated heterocycles. The molecule has 2 heterocycles. The third kappa shape index (κ3) is 4.05. The minimum absolute atomic E-state index is 0.161. The van der Waals surface area contributed by atoms with Crippen molar-refractivity contribution in [2.45, 2.75) is 13.0 Å². The number of halogens is 3. The van der Waals surface area contributed by atoms with Crippen LogP contribution in [0.2, 0.25) is 5.02 Å². The van der Waals surface area contributed by atoms with Crippen LogP contribution in [0.15, 0.2) is 42.7 Å². The number of alkyl halides is 2. The van der Waals surface area contributed by atoms with Gasteiger partial charge in [0, 0.05) is 16.5 Å². The van der Waals surface area contributed by atoms with E-state index in [9.17, 15) is 8.78 Å². The highest BCUT2D eigenvalue weighted by Gasteiger charge is 2.07. The summed E-state index contributed by atoms with van der Waals surface area (Å²) in [6.45, 7) is -0.318. The lowest BCUT2D eigenvalue weighted by Crippen LogP contribution is -2.09. The number of anilines is 1. The molecule has 0 aliphatic heterocycles. The molecule has 1 aromatic carbocycles. The number of ether oxygens (including phenoxy) is 1. The largest absolute Gasteiger partial charge is 0.472 e. The van der Waals surface area contributed by atoms with Crippen LogP contribution in [-0.4, -0.2) is 28.0 Å². The molecular weight excluding hydrogens is 338 g/mol. The molecule has 0 radical (unpaired) electrons. The molecule has 5 nitrogen and oxygen atoms in total. The van der Waals surface area contributed by atoms with Gasteiger partial charge >= 0.3 is 0 Å². The van der Waals surface area contributed by atoms with Crippen LogP contribution < -0.4 is 10.1 Å². The maximum atomic E-state index is 12.2. The van der Waals surface area contributed by atoms with Gasteiger partial charge in [-0.25, -0.2) is 23.7 Å². The Balaban J connectivity index is 1.73. The van der Waals surface area contributed by atoms with Crippen molar-refractivity contribution in [2.75, 3.05) is 11.9 Å². The second-order valence-electron chi connectivity index (χ2n) is 4.91. The number of nitrogens with one attached hydrogen (secondary N) is 1. The third-order valence-electron chi connectivity index (χ3n) is 3.17. The van der Waals surface area contributed by atoms with E-state index in [2.05, 4.69) is 20.3 Å². The maximum absolute atomic E-state index is 12.2. The van der Waals surface area contributed by atoms with E-state index in [0.717, 1.165) is 10.9 Å². The Kier molecular flexibility index (Phi) is 5.00. The van der Waals surface area contributed by atoms with E-state index in [1.807, 2.05) is 6.07 Å². The van der Waals surface area contributed by atoms with Gasteiger partial charge in [-0.05, 0) is 24.3 Å². The summed E-state index contributed by atoms with van der Waals surface area (Å²) in [5.74, 6) is 0.797. The lowest BCUT2D eigenvalue weighted by atomic mass is 10.2. The van der Waals surface area contributed by atoms with Gasteiger partial charge in [0.2, 0.25) is 5.88 Å². The van der Waals surface area contributed by atoms with Crippen molar-refractivity contribution in [3.8, 4) is 5.88 Å². The topological polar surface area (TPSA) is 59.9 Å². The molecule has 0 unspecified atom stereocenters. The van der Waals surface area contributed by atoms with Crippen molar-refractivity contribution in [1.82, 2.24) is 15.0 Å². The molecule has 0 atom stereocenters. The fourth-order valence-corrected chi connectivity index (χ4v) is 2.30. The summed E-state index contributed by atoms with van der Waals surface area (Å²) in [7, 11) is 0. The van der Waals surface area contributed by atoms with Gasteiger partial charge in [0.15, 0.2) is 6.61 Å². The minimum Gasteiger partial charge on any atom is -0.472 e. The van der Waals surface area contributed by atoms with Gasteiger partial charge in [0.1, 0.15) is 12.1 Å². The van der Waals surface area contributed by atoms with E-state index < -0.39 is 13.0 Å². The monoisotopic (exact) mass is 350 g/mol. The zero-order valence-corrected chi connectivity index (χ0v) is 13.2. The Morgan fingerprint density at radius 3 is 2.88 bits per heavy atom. The van der Waals surface area contributed by atoms with Crippen molar-refractivity contribution in [3.63, 3.8) is 0 Å². The highest BCUT2D eigenvalue weighted by Crippen LogP contribution is 2.23. The zero-order chi connectivity index (χ0) is 16.9. The first-order valence-corrected chi connectivity index (χ1v) is 7.50. The number of hydrogen-bond acceptors (Lipinski definition) is 5. The second kappa shape index (κ2) is 7.35. The first-order chi connectivity index (χ1) is 11.6. The molecule has 0 bridgehead atoms. The van der Waals surface area contributed by atoms with Crippen LogP contribution in [0, 0.1) is 0 Å². The highest BCUT2D eigenvalue weighted by molar-refractivity contribution is 6.31. The minimum atomic E-state index is -2.53. The summed E-state index contributed by atoms with van der Waals surface area (Å²) in [6, 6.07) is 10.3. The van der Waals surface area contributed by atoms with Crippen molar-refractivity contribution in [2.24, 2.45) is 0 Å². The van der Waals surface area contributed by atoms with E-state index in [1.165, 1.54) is 12.4 Å². The van der Waals surface area contributed by atoms with Crippen LogP contribution >= 0.6 is 11.6 Å². The van der Waals surface area contributed by atoms with Gasteiger partial charge in [-0.1, -0.05) is 17.7 Å². The van der Waals surface area contributed by atoms with Gasteiger partial charge < -0.3 is 10.1 Å². The molecule has 0 aliphatic carbocycles. The molecule has 0 saturated carbocycles. The van der Waals surface area contributed by atoms with Crippen LogP contribution in [0.25, 0.3) is 10.9 Å². The summed E-state index contributed by atoms with van der Waals surface area (Å²) in [5, 5.41) is 4.58.